The molecule has 1 fully saturated rings. The molecule has 3 nitrogen and oxygen atoms in total. The Morgan fingerprint density at radius 3 is 2.58 bits per heavy atom. The molecule has 0 bridgehead atoms. The molecule has 1 saturated heterocycles. The number of fused-ring (bicyclic) bond motifs is 3. The molecular weight excluding hydrogens is 343 g/mol. The molecule has 1 N–H and O–H groups in total. The topological polar surface area (TPSA) is 24.5 Å². The van der Waals surface area contributed by atoms with Gasteiger partial charge in [-0.15, -0.1) is 24.8 Å². The van der Waals surface area contributed by atoms with Crippen molar-refractivity contribution in [1.29, 1.82) is 0 Å². The minimum absolute atomic E-state index is 0. The van der Waals surface area contributed by atoms with Gasteiger partial charge in [0.25, 0.3) is 0 Å². The first-order valence-electron chi connectivity index (χ1n) is 8.04. The van der Waals surface area contributed by atoms with Crippen molar-refractivity contribution in [2.45, 2.75) is 12.0 Å². The number of rotatable bonds is 2. The minimum atomic E-state index is 0. The highest BCUT2D eigenvalue weighted by Crippen LogP contribution is 2.41. The van der Waals surface area contributed by atoms with Crippen molar-refractivity contribution < 1.29 is 4.74 Å². The predicted molar refractivity (Wildman–Crippen MR) is 103 cm³/mol. The predicted octanol–water partition coefficient (Wildman–Crippen LogP) is 3.63. The van der Waals surface area contributed by atoms with Gasteiger partial charge in [0.15, 0.2) is 0 Å². The summed E-state index contributed by atoms with van der Waals surface area (Å²) in [6.07, 6.45) is 0. The highest BCUT2D eigenvalue weighted by molar-refractivity contribution is 5.85. The third-order valence-electron chi connectivity index (χ3n) is 5.00. The second-order valence-corrected chi connectivity index (χ2v) is 6.17. The normalized spacial score (nSPS) is 22.4. The van der Waals surface area contributed by atoms with E-state index in [-0.39, 0.29) is 24.8 Å². The molecule has 0 radical (unpaired) electrons. The zero-order valence-electron chi connectivity index (χ0n) is 13.8. The summed E-state index contributed by atoms with van der Waals surface area (Å²) in [4.78, 5) is 2.62. The molecule has 2 atom stereocenters. The number of piperazine rings is 1. The van der Waals surface area contributed by atoms with Crippen LogP contribution in [-0.4, -0.2) is 38.2 Å². The van der Waals surface area contributed by atoms with Crippen LogP contribution >= 0.6 is 24.8 Å². The zero-order chi connectivity index (χ0) is 14.9. The quantitative estimate of drug-likeness (QED) is 0.877. The molecule has 24 heavy (non-hydrogen) atoms. The van der Waals surface area contributed by atoms with Crippen LogP contribution in [0.5, 0.6) is 5.75 Å². The second kappa shape index (κ2) is 8.21. The monoisotopic (exact) mass is 366 g/mol. The van der Waals surface area contributed by atoms with Crippen LogP contribution in [0.4, 0.5) is 0 Å². The summed E-state index contributed by atoms with van der Waals surface area (Å²) in [6.45, 7) is 4.33. The minimum Gasteiger partial charge on any atom is -0.497 e. The van der Waals surface area contributed by atoms with Crippen molar-refractivity contribution in [3.8, 4) is 5.75 Å². The van der Waals surface area contributed by atoms with Crippen molar-refractivity contribution in [1.82, 2.24) is 10.2 Å². The van der Waals surface area contributed by atoms with Crippen LogP contribution in [0.25, 0.3) is 0 Å². The van der Waals surface area contributed by atoms with E-state index < -0.39 is 0 Å². The molecule has 0 spiro atoms. The number of hydrogen-bond acceptors (Lipinski definition) is 3. The fourth-order valence-electron chi connectivity index (χ4n) is 3.86. The maximum Gasteiger partial charge on any atom is 0.119 e. The van der Waals surface area contributed by atoms with Crippen LogP contribution in [0.15, 0.2) is 48.5 Å². The van der Waals surface area contributed by atoms with E-state index >= 15 is 0 Å². The van der Waals surface area contributed by atoms with Crippen LogP contribution in [0.1, 0.15) is 28.7 Å². The molecule has 0 saturated carbocycles. The Bertz CT molecular complexity index is 666. The molecule has 4 rings (SSSR count). The van der Waals surface area contributed by atoms with Crippen LogP contribution in [0.3, 0.4) is 0 Å². The van der Waals surface area contributed by atoms with Gasteiger partial charge in [-0.25, -0.2) is 0 Å². The first kappa shape index (κ1) is 19.1. The Labute approximate surface area is 156 Å². The maximum absolute atomic E-state index is 5.46. The summed E-state index contributed by atoms with van der Waals surface area (Å²) in [7, 11) is 1.75. The Morgan fingerprint density at radius 2 is 1.83 bits per heavy atom. The third kappa shape index (κ3) is 3.40. The Hall–Kier alpha value is -1.26. The summed E-state index contributed by atoms with van der Waals surface area (Å²) in [6, 6.07) is 17.9. The number of ether oxygens (including phenoxy) is 1. The molecule has 2 aliphatic heterocycles. The third-order valence-corrected chi connectivity index (χ3v) is 5.00. The fraction of sp³-hybridized carbons (Fsp3) is 0.368. The Balaban J connectivity index is 0.00000104. The van der Waals surface area contributed by atoms with Crippen LogP contribution in [-0.2, 0) is 0 Å². The van der Waals surface area contributed by atoms with E-state index in [9.17, 15) is 0 Å². The first-order valence-corrected chi connectivity index (χ1v) is 8.04. The lowest BCUT2D eigenvalue weighted by Gasteiger charge is -2.44. The molecule has 2 aliphatic rings. The van der Waals surface area contributed by atoms with E-state index in [1.165, 1.54) is 16.7 Å². The van der Waals surface area contributed by atoms with Crippen LogP contribution in [0.2, 0.25) is 0 Å². The summed E-state index contributed by atoms with van der Waals surface area (Å²) in [5.74, 6) is 1.41. The summed E-state index contributed by atoms with van der Waals surface area (Å²) >= 11 is 0. The van der Waals surface area contributed by atoms with Gasteiger partial charge in [-0.05, 0) is 28.8 Å². The molecule has 0 aliphatic carbocycles. The zero-order valence-corrected chi connectivity index (χ0v) is 15.4. The lowest BCUT2D eigenvalue weighted by atomic mass is 9.80. The molecule has 0 amide bonds. The van der Waals surface area contributed by atoms with Gasteiger partial charge in [0.2, 0.25) is 0 Å². The molecule has 130 valence electrons. The van der Waals surface area contributed by atoms with Crippen LogP contribution < -0.4 is 10.1 Å². The molecule has 5 heteroatoms. The molecule has 2 aromatic carbocycles. The summed E-state index contributed by atoms with van der Waals surface area (Å²) < 4.78 is 5.46. The lowest BCUT2D eigenvalue weighted by Crippen LogP contribution is -2.50. The fourth-order valence-corrected chi connectivity index (χ4v) is 3.86. The van der Waals surface area contributed by atoms with Crippen molar-refractivity contribution in [3.63, 3.8) is 0 Å². The highest BCUT2D eigenvalue weighted by Gasteiger charge is 2.35. The van der Waals surface area contributed by atoms with Gasteiger partial charge >= 0.3 is 0 Å². The number of hydrogen-bond donors (Lipinski definition) is 1. The number of halogens is 2. The molecular formula is C19H24Cl2N2O. The summed E-state index contributed by atoms with van der Waals surface area (Å²) in [5, 5.41) is 3.53. The van der Waals surface area contributed by atoms with E-state index in [0.29, 0.717) is 12.0 Å². The molecule has 0 aromatic heterocycles. The number of nitrogens with one attached hydrogen (secondary N) is 1. The van der Waals surface area contributed by atoms with Gasteiger partial charge in [0, 0.05) is 38.1 Å². The van der Waals surface area contributed by atoms with E-state index in [1.807, 2.05) is 0 Å². The van der Waals surface area contributed by atoms with E-state index in [1.54, 1.807) is 7.11 Å². The SMILES string of the molecule is COc1ccc2c(c1)[C@H]1CNCCN1C[C@@H]2c1ccccc1.Cl.Cl. The Morgan fingerprint density at radius 1 is 1.04 bits per heavy atom. The van der Waals surface area contributed by atoms with Gasteiger partial charge in [-0.1, -0.05) is 36.4 Å². The van der Waals surface area contributed by atoms with Gasteiger partial charge in [-0.3, -0.25) is 4.90 Å². The van der Waals surface area contributed by atoms with Crippen molar-refractivity contribution >= 4 is 24.8 Å². The maximum atomic E-state index is 5.46. The average Bonchev–Trinajstić information content (AvgIpc) is 2.61. The lowest BCUT2D eigenvalue weighted by molar-refractivity contribution is 0.143. The van der Waals surface area contributed by atoms with E-state index in [2.05, 4.69) is 58.7 Å². The largest absolute Gasteiger partial charge is 0.497 e. The highest BCUT2D eigenvalue weighted by atomic mass is 35.5. The summed E-state index contributed by atoms with van der Waals surface area (Å²) in [5.41, 5.74) is 4.29. The number of nitrogens with zero attached hydrogens (tertiary/aromatic N) is 1. The van der Waals surface area contributed by atoms with Crippen molar-refractivity contribution in [3.05, 3.63) is 65.2 Å². The number of benzene rings is 2. The molecule has 2 aromatic rings. The van der Waals surface area contributed by atoms with Gasteiger partial charge < -0.3 is 10.1 Å². The van der Waals surface area contributed by atoms with E-state index in [0.717, 1.165) is 31.9 Å². The smallest absolute Gasteiger partial charge is 0.119 e. The van der Waals surface area contributed by atoms with Gasteiger partial charge in [0.1, 0.15) is 5.75 Å². The molecule has 2 heterocycles. The van der Waals surface area contributed by atoms with E-state index in [4.69, 9.17) is 4.74 Å². The van der Waals surface area contributed by atoms with Crippen LogP contribution in [0, 0.1) is 0 Å². The number of methoxy groups -OCH3 is 1. The van der Waals surface area contributed by atoms with Crippen molar-refractivity contribution in [2.24, 2.45) is 0 Å². The van der Waals surface area contributed by atoms with Gasteiger partial charge in [-0.2, -0.15) is 0 Å². The van der Waals surface area contributed by atoms with Crippen molar-refractivity contribution in [2.75, 3.05) is 33.3 Å². The van der Waals surface area contributed by atoms with Gasteiger partial charge in [0.05, 0.1) is 7.11 Å². The first-order chi connectivity index (χ1) is 10.9. The average molecular weight is 367 g/mol. The standard InChI is InChI=1S/C19H22N2O.2ClH/c1-22-15-7-8-16-17(11-15)19-12-20-9-10-21(19)13-18(16)14-5-3-2-4-6-14;;/h2-8,11,18-20H,9-10,12-13H2,1H3;2*1H/t18-,19-;;/m1../s1. The Kier molecular flexibility index (Phi) is 6.53. The molecule has 0 unspecified atom stereocenters. The second-order valence-electron chi connectivity index (χ2n) is 6.17.